The molecule has 1 aliphatic heterocycles. The molecule has 31 heavy (non-hydrogen) atoms. The molecule has 1 aliphatic carbocycles. The van der Waals surface area contributed by atoms with Gasteiger partial charge < -0.3 is 25.2 Å². The van der Waals surface area contributed by atoms with Crippen molar-refractivity contribution in [2.24, 2.45) is 10.9 Å². The predicted molar refractivity (Wildman–Crippen MR) is 130 cm³/mol. The van der Waals surface area contributed by atoms with Crippen LogP contribution in [0.5, 0.6) is 5.75 Å². The van der Waals surface area contributed by atoms with Gasteiger partial charge in [-0.15, -0.1) is 0 Å². The van der Waals surface area contributed by atoms with E-state index in [1.165, 1.54) is 63.0 Å². The van der Waals surface area contributed by atoms with Gasteiger partial charge in [0, 0.05) is 51.4 Å². The SMILES string of the molecule is CCNC(=NCc1ccc(C)cc1OC1CCCC1)NCC(C)CN1CCN(C)CC1. The zero-order chi connectivity index (χ0) is 22.1. The Morgan fingerprint density at radius 1 is 1.16 bits per heavy atom. The number of hydrogen-bond donors (Lipinski definition) is 2. The fourth-order valence-corrected chi connectivity index (χ4v) is 4.40. The van der Waals surface area contributed by atoms with Gasteiger partial charge in [0.05, 0.1) is 12.6 Å². The normalized spacial score (nSPS) is 20.1. The number of piperazine rings is 1. The van der Waals surface area contributed by atoms with Gasteiger partial charge >= 0.3 is 0 Å². The molecule has 174 valence electrons. The van der Waals surface area contributed by atoms with Crippen LogP contribution in [0.4, 0.5) is 0 Å². The molecule has 1 aromatic rings. The van der Waals surface area contributed by atoms with Crippen LogP contribution in [-0.4, -0.2) is 74.7 Å². The van der Waals surface area contributed by atoms with E-state index < -0.39 is 0 Å². The largest absolute Gasteiger partial charge is 0.490 e. The average molecular weight is 430 g/mol. The lowest BCUT2D eigenvalue weighted by Gasteiger charge is -2.34. The Labute approximate surface area is 189 Å². The molecule has 0 spiro atoms. The summed E-state index contributed by atoms with van der Waals surface area (Å²) in [6, 6.07) is 6.50. The summed E-state index contributed by atoms with van der Waals surface area (Å²) in [6.45, 7) is 14.8. The summed E-state index contributed by atoms with van der Waals surface area (Å²) in [7, 11) is 2.21. The van der Waals surface area contributed by atoms with Gasteiger partial charge in [-0.25, -0.2) is 4.99 Å². The maximum atomic E-state index is 6.35. The molecule has 6 nitrogen and oxygen atoms in total. The highest BCUT2D eigenvalue weighted by Crippen LogP contribution is 2.28. The van der Waals surface area contributed by atoms with E-state index in [0.717, 1.165) is 31.3 Å². The van der Waals surface area contributed by atoms with E-state index in [0.29, 0.717) is 18.6 Å². The number of aliphatic imine (C=N–C) groups is 1. The Morgan fingerprint density at radius 2 is 1.90 bits per heavy atom. The molecule has 2 aliphatic rings. The Morgan fingerprint density at radius 3 is 2.61 bits per heavy atom. The number of hydrogen-bond acceptors (Lipinski definition) is 4. The van der Waals surface area contributed by atoms with Crippen LogP contribution >= 0.6 is 0 Å². The van der Waals surface area contributed by atoms with Crippen LogP contribution in [-0.2, 0) is 6.54 Å². The first-order chi connectivity index (χ1) is 15.0. The molecule has 0 amide bonds. The minimum absolute atomic E-state index is 0.367. The predicted octanol–water partition coefficient (Wildman–Crippen LogP) is 3.26. The van der Waals surface area contributed by atoms with Crippen LogP contribution in [0.15, 0.2) is 23.2 Å². The van der Waals surface area contributed by atoms with E-state index in [1.807, 2.05) is 0 Å². The molecule has 1 aromatic carbocycles. The van der Waals surface area contributed by atoms with Crippen LogP contribution in [0, 0.1) is 12.8 Å². The Kier molecular flexibility index (Phi) is 9.47. The topological polar surface area (TPSA) is 52.1 Å². The highest BCUT2D eigenvalue weighted by Gasteiger charge is 2.18. The molecule has 2 fully saturated rings. The number of nitrogens with zero attached hydrogens (tertiary/aromatic N) is 3. The lowest BCUT2D eigenvalue weighted by Crippen LogP contribution is -2.47. The van der Waals surface area contributed by atoms with E-state index in [-0.39, 0.29) is 0 Å². The van der Waals surface area contributed by atoms with E-state index >= 15 is 0 Å². The third-order valence-corrected chi connectivity index (χ3v) is 6.35. The van der Waals surface area contributed by atoms with Gasteiger partial charge in [0.25, 0.3) is 0 Å². The summed E-state index contributed by atoms with van der Waals surface area (Å²) in [5, 5.41) is 6.95. The number of nitrogens with one attached hydrogen (secondary N) is 2. The molecule has 1 saturated heterocycles. The van der Waals surface area contributed by atoms with Crippen LogP contribution < -0.4 is 15.4 Å². The standard InChI is InChI=1S/C25H43N5O/c1-5-26-25(27-17-21(3)19-30-14-12-29(4)13-15-30)28-18-22-11-10-20(2)16-24(22)31-23-8-6-7-9-23/h10-11,16,21,23H,5-9,12-15,17-19H2,1-4H3,(H2,26,27,28). The minimum atomic E-state index is 0.367. The molecule has 1 atom stereocenters. The molecule has 0 radical (unpaired) electrons. The highest BCUT2D eigenvalue weighted by atomic mass is 16.5. The maximum absolute atomic E-state index is 6.35. The van der Waals surface area contributed by atoms with Crippen molar-refractivity contribution in [1.82, 2.24) is 20.4 Å². The van der Waals surface area contributed by atoms with E-state index in [4.69, 9.17) is 9.73 Å². The van der Waals surface area contributed by atoms with Crippen LogP contribution in [0.2, 0.25) is 0 Å². The fraction of sp³-hybridized carbons (Fsp3) is 0.720. The summed E-state index contributed by atoms with van der Waals surface area (Å²) in [5.41, 5.74) is 2.41. The molecule has 1 unspecified atom stereocenters. The fourth-order valence-electron chi connectivity index (χ4n) is 4.40. The zero-order valence-corrected chi connectivity index (χ0v) is 20.1. The summed E-state index contributed by atoms with van der Waals surface area (Å²) in [6.07, 6.45) is 5.28. The van der Waals surface area contributed by atoms with Crippen molar-refractivity contribution in [3.63, 3.8) is 0 Å². The third kappa shape index (κ3) is 8.00. The lowest BCUT2D eigenvalue weighted by molar-refractivity contribution is 0.139. The molecule has 1 heterocycles. The molecule has 3 rings (SSSR count). The second kappa shape index (κ2) is 12.3. The van der Waals surface area contributed by atoms with Gasteiger partial charge in [0.1, 0.15) is 5.75 Å². The van der Waals surface area contributed by atoms with Gasteiger partial charge in [-0.2, -0.15) is 0 Å². The van der Waals surface area contributed by atoms with E-state index in [9.17, 15) is 0 Å². The zero-order valence-electron chi connectivity index (χ0n) is 20.1. The Bertz CT molecular complexity index is 693. The van der Waals surface area contributed by atoms with Crippen LogP contribution in [0.1, 0.15) is 50.7 Å². The number of benzene rings is 1. The number of guanidine groups is 1. The van der Waals surface area contributed by atoms with Crippen molar-refractivity contribution in [2.75, 3.05) is 52.9 Å². The average Bonchev–Trinajstić information content (AvgIpc) is 3.26. The van der Waals surface area contributed by atoms with E-state index in [2.05, 4.69) is 66.5 Å². The summed E-state index contributed by atoms with van der Waals surface area (Å²) >= 11 is 0. The molecule has 2 N–H and O–H groups in total. The minimum Gasteiger partial charge on any atom is -0.490 e. The van der Waals surface area contributed by atoms with Crippen molar-refractivity contribution < 1.29 is 4.74 Å². The molecular weight excluding hydrogens is 386 g/mol. The molecular formula is C25H43N5O. The molecule has 0 aromatic heterocycles. The van der Waals surface area contributed by atoms with Crippen molar-refractivity contribution in [1.29, 1.82) is 0 Å². The quantitative estimate of drug-likeness (QED) is 0.466. The maximum Gasteiger partial charge on any atom is 0.191 e. The second-order valence-corrected chi connectivity index (χ2v) is 9.42. The van der Waals surface area contributed by atoms with Crippen molar-refractivity contribution in [3.8, 4) is 5.75 Å². The third-order valence-electron chi connectivity index (χ3n) is 6.35. The smallest absolute Gasteiger partial charge is 0.191 e. The van der Waals surface area contributed by atoms with Crippen molar-refractivity contribution in [3.05, 3.63) is 29.3 Å². The van der Waals surface area contributed by atoms with Crippen LogP contribution in [0.25, 0.3) is 0 Å². The first-order valence-electron chi connectivity index (χ1n) is 12.2. The second-order valence-electron chi connectivity index (χ2n) is 9.42. The van der Waals surface area contributed by atoms with Gasteiger partial charge in [-0.3, -0.25) is 0 Å². The van der Waals surface area contributed by atoms with Gasteiger partial charge in [-0.1, -0.05) is 19.1 Å². The number of likely N-dealkylation sites (N-methyl/N-ethyl adjacent to an activating group) is 1. The van der Waals surface area contributed by atoms with Gasteiger partial charge in [-0.05, 0) is 64.1 Å². The van der Waals surface area contributed by atoms with Gasteiger partial charge in [0.15, 0.2) is 5.96 Å². The highest BCUT2D eigenvalue weighted by molar-refractivity contribution is 5.79. The lowest BCUT2D eigenvalue weighted by atomic mass is 10.1. The molecule has 0 bridgehead atoms. The monoisotopic (exact) mass is 429 g/mol. The van der Waals surface area contributed by atoms with Gasteiger partial charge in [0.2, 0.25) is 0 Å². The Hall–Kier alpha value is -1.79. The first kappa shape index (κ1) is 23.9. The number of aryl methyl sites for hydroxylation is 1. The molecule has 6 heteroatoms. The van der Waals surface area contributed by atoms with E-state index in [1.54, 1.807) is 0 Å². The number of ether oxygens (including phenoxy) is 1. The summed E-state index contributed by atoms with van der Waals surface area (Å²) in [4.78, 5) is 9.86. The van der Waals surface area contributed by atoms with Crippen LogP contribution in [0.3, 0.4) is 0 Å². The number of rotatable bonds is 9. The first-order valence-corrected chi connectivity index (χ1v) is 12.2. The van der Waals surface area contributed by atoms with Crippen molar-refractivity contribution in [2.45, 2.75) is 59.1 Å². The van der Waals surface area contributed by atoms with Crippen molar-refractivity contribution >= 4 is 5.96 Å². The summed E-state index contributed by atoms with van der Waals surface area (Å²) in [5.74, 6) is 2.47. The molecule has 1 saturated carbocycles. The Balaban J connectivity index is 1.54. The summed E-state index contributed by atoms with van der Waals surface area (Å²) < 4.78 is 6.35.